The van der Waals surface area contributed by atoms with Crippen LogP contribution in [0.3, 0.4) is 0 Å². The summed E-state index contributed by atoms with van der Waals surface area (Å²) in [5.41, 5.74) is 5.50. The van der Waals surface area contributed by atoms with E-state index >= 15 is 0 Å². The molecule has 0 spiro atoms. The second kappa shape index (κ2) is 3.34. The van der Waals surface area contributed by atoms with Crippen LogP contribution in [0.25, 0.3) is 0 Å². The van der Waals surface area contributed by atoms with Gasteiger partial charge >= 0.3 is 0 Å². The highest BCUT2D eigenvalue weighted by molar-refractivity contribution is 5.39. The average molecular weight is 183 g/mol. The molecule has 1 rings (SSSR count). The predicted molar refractivity (Wildman–Crippen MR) is 50.2 cm³/mol. The summed E-state index contributed by atoms with van der Waals surface area (Å²) < 4.78 is 18.4. The molecule has 3 heteroatoms. The van der Waals surface area contributed by atoms with Crippen molar-refractivity contribution in [2.24, 2.45) is 5.73 Å². The summed E-state index contributed by atoms with van der Waals surface area (Å²) in [5, 5.41) is 0. The molecule has 0 amide bonds. The van der Waals surface area contributed by atoms with E-state index in [0.29, 0.717) is 11.3 Å². The molecule has 2 N–H and O–H groups in total. The van der Waals surface area contributed by atoms with Crippen molar-refractivity contribution in [2.75, 3.05) is 7.11 Å². The molecule has 72 valence electrons. The second-order valence-corrected chi connectivity index (χ2v) is 3.54. The average Bonchev–Trinajstić information content (AvgIpc) is 2.01. The molecule has 0 atom stereocenters. The Morgan fingerprint density at radius 1 is 1.38 bits per heavy atom. The Balaban J connectivity index is 3.32. The van der Waals surface area contributed by atoms with E-state index in [1.807, 2.05) is 0 Å². The minimum atomic E-state index is -0.726. The predicted octanol–water partition coefficient (Wildman–Crippen LogP) is 2.03. The van der Waals surface area contributed by atoms with Crippen LogP contribution >= 0.6 is 0 Å². The van der Waals surface area contributed by atoms with Crippen molar-refractivity contribution in [1.82, 2.24) is 0 Å². The van der Waals surface area contributed by atoms with Gasteiger partial charge in [-0.05, 0) is 26.0 Å². The first-order valence-electron chi connectivity index (χ1n) is 4.08. The van der Waals surface area contributed by atoms with E-state index < -0.39 is 5.54 Å². The smallest absolute Gasteiger partial charge is 0.131 e. The lowest BCUT2D eigenvalue weighted by atomic mass is 9.94. The molecule has 0 aliphatic carbocycles. The Morgan fingerprint density at radius 3 is 2.38 bits per heavy atom. The van der Waals surface area contributed by atoms with E-state index in [0.717, 1.165) is 0 Å². The third kappa shape index (κ3) is 1.98. The zero-order valence-corrected chi connectivity index (χ0v) is 8.10. The molecule has 1 aromatic rings. The number of benzene rings is 1. The van der Waals surface area contributed by atoms with E-state index in [1.165, 1.54) is 13.2 Å². The van der Waals surface area contributed by atoms with Gasteiger partial charge in [0.1, 0.15) is 11.6 Å². The van der Waals surface area contributed by atoms with Crippen molar-refractivity contribution in [3.63, 3.8) is 0 Å². The van der Waals surface area contributed by atoms with Gasteiger partial charge in [0, 0.05) is 11.1 Å². The lowest BCUT2D eigenvalue weighted by Crippen LogP contribution is -2.30. The third-order valence-electron chi connectivity index (χ3n) is 1.84. The maximum Gasteiger partial charge on any atom is 0.131 e. The topological polar surface area (TPSA) is 35.2 Å². The van der Waals surface area contributed by atoms with Crippen molar-refractivity contribution in [1.29, 1.82) is 0 Å². The minimum Gasteiger partial charge on any atom is -0.496 e. The fourth-order valence-electron chi connectivity index (χ4n) is 1.30. The molecule has 1 aromatic carbocycles. The van der Waals surface area contributed by atoms with Gasteiger partial charge in [0.2, 0.25) is 0 Å². The number of ether oxygens (including phenoxy) is 1. The summed E-state index contributed by atoms with van der Waals surface area (Å²) in [5.74, 6) is 0.166. The molecule has 0 aromatic heterocycles. The Labute approximate surface area is 77.5 Å². The van der Waals surface area contributed by atoms with Crippen molar-refractivity contribution >= 4 is 0 Å². The van der Waals surface area contributed by atoms with E-state index in [4.69, 9.17) is 10.5 Å². The molecule has 0 radical (unpaired) electrons. The van der Waals surface area contributed by atoms with E-state index in [9.17, 15) is 4.39 Å². The standard InChI is InChI=1S/C10H14FNO/c1-10(2,12)9-7(11)5-4-6-8(9)13-3/h4-6H,12H2,1-3H3. The maximum atomic E-state index is 13.4. The van der Waals surface area contributed by atoms with Gasteiger partial charge in [-0.3, -0.25) is 0 Å². The van der Waals surface area contributed by atoms with Gasteiger partial charge in [-0.1, -0.05) is 6.07 Å². The Bertz CT molecular complexity index is 304. The quantitative estimate of drug-likeness (QED) is 0.761. The van der Waals surface area contributed by atoms with Gasteiger partial charge in [-0.25, -0.2) is 4.39 Å². The second-order valence-electron chi connectivity index (χ2n) is 3.54. The Kier molecular flexibility index (Phi) is 2.57. The van der Waals surface area contributed by atoms with Crippen LogP contribution in [-0.2, 0) is 5.54 Å². The third-order valence-corrected chi connectivity index (χ3v) is 1.84. The molecule has 0 bridgehead atoms. The monoisotopic (exact) mass is 183 g/mol. The highest BCUT2D eigenvalue weighted by Gasteiger charge is 2.23. The summed E-state index contributed by atoms with van der Waals surface area (Å²) in [6.07, 6.45) is 0. The summed E-state index contributed by atoms with van der Waals surface area (Å²) in [6.45, 7) is 3.49. The zero-order valence-electron chi connectivity index (χ0n) is 8.10. The first-order valence-corrected chi connectivity index (χ1v) is 4.08. The van der Waals surface area contributed by atoms with E-state index in [2.05, 4.69) is 0 Å². The molecule has 0 fully saturated rings. The summed E-state index contributed by atoms with van der Waals surface area (Å²) in [4.78, 5) is 0. The Hall–Kier alpha value is -1.09. The van der Waals surface area contributed by atoms with Gasteiger partial charge in [-0.2, -0.15) is 0 Å². The first kappa shape index (κ1) is 9.99. The number of nitrogens with two attached hydrogens (primary N) is 1. The van der Waals surface area contributed by atoms with Crippen molar-refractivity contribution in [3.05, 3.63) is 29.6 Å². The summed E-state index contributed by atoms with van der Waals surface area (Å²) >= 11 is 0. The van der Waals surface area contributed by atoms with Crippen LogP contribution in [-0.4, -0.2) is 7.11 Å². The Morgan fingerprint density at radius 2 is 2.00 bits per heavy atom. The van der Waals surface area contributed by atoms with Crippen molar-refractivity contribution < 1.29 is 9.13 Å². The van der Waals surface area contributed by atoms with Crippen molar-refractivity contribution in [2.45, 2.75) is 19.4 Å². The largest absolute Gasteiger partial charge is 0.496 e. The van der Waals surface area contributed by atoms with E-state index in [1.54, 1.807) is 26.0 Å². The lowest BCUT2D eigenvalue weighted by molar-refractivity contribution is 0.384. The molecule has 0 unspecified atom stereocenters. The van der Waals surface area contributed by atoms with Crippen LogP contribution in [0.5, 0.6) is 5.75 Å². The van der Waals surface area contributed by atoms with Crippen LogP contribution < -0.4 is 10.5 Å². The zero-order chi connectivity index (χ0) is 10.1. The molecule has 2 nitrogen and oxygen atoms in total. The van der Waals surface area contributed by atoms with Gasteiger partial charge in [-0.15, -0.1) is 0 Å². The lowest BCUT2D eigenvalue weighted by Gasteiger charge is -2.22. The highest BCUT2D eigenvalue weighted by Crippen LogP contribution is 2.29. The fourth-order valence-corrected chi connectivity index (χ4v) is 1.30. The summed E-state index contributed by atoms with van der Waals surface area (Å²) in [6, 6.07) is 4.68. The molecule has 0 aliphatic rings. The number of hydrogen-bond donors (Lipinski definition) is 1. The number of halogens is 1. The maximum absolute atomic E-state index is 13.4. The molecule has 0 saturated heterocycles. The van der Waals surface area contributed by atoms with Crippen molar-refractivity contribution in [3.8, 4) is 5.75 Å². The molecular formula is C10H14FNO. The van der Waals surface area contributed by atoms with Crippen LogP contribution in [0.2, 0.25) is 0 Å². The van der Waals surface area contributed by atoms with Crippen LogP contribution in [0, 0.1) is 5.82 Å². The highest BCUT2D eigenvalue weighted by atomic mass is 19.1. The normalized spacial score (nSPS) is 11.5. The fraction of sp³-hybridized carbons (Fsp3) is 0.400. The molecule has 0 heterocycles. The molecular weight excluding hydrogens is 169 g/mol. The summed E-state index contributed by atoms with van der Waals surface area (Å²) in [7, 11) is 1.50. The number of methoxy groups -OCH3 is 1. The molecule has 0 saturated carbocycles. The SMILES string of the molecule is COc1cccc(F)c1C(C)(C)N. The number of rotatable bonds is 2. The van der Waals surface area contributed by atoms with Gasteiger partial charge < -0.3 is 10.5 Å². The van der Waals surface area contributed by atoms with E-state index in [-0.39, 0.29) is 5.82 Å². The first-order chi connectivity index (χ1) is 5.96. The van der Waals surface area contributed by atoms with Crippen LogP contribution in [0.4, 0.5) is 4.39 Å². The van der Waals surface area contributed by atoms with Crippen LogP contribution in [0.15, 0.2) is 18.2 Å². The van der Waals surface area contributed by atoms with Gasteiger partial charge in [0.25, 0.3) is 0 Å². The minimum absolute atomic E-state index is 0.327. The van der Waals surface area contributed by atoms with Gasteiger partial charge in [0.05, 0.1) is 7.11 Å². The van der Waals surface area contributed by atoms with Crippen LogP contribution in [0.1, 0.15) is 19.4 Å². The number of hydrogen-bond acceptors (Lipinski definition) is 2. The molecule has 0 aliphatic heterocycles. The van der Waals surface area contributed by atoms with Gasteiger partial charge in [0.15, 0.2) is 0 Å². The molecule has 13 heavy (non-hydrogen) atoms.